The Hall–Kier alpha value is -2.60. The third-order valence-corrected chi connectivity index (χ3v) is 5.41. The number of aryl methyl sites for hydroxylation is 1. The molecule has 1 aliphatic heterocycles. The Labute approximate surface area is 146 Å². The molecule has 2 aromatic carbocycles. The number of thiazole rings is 1. The molecule has 0 saturated heterocycles. The summed E-state index contributed by atoms with van der Waals surface area (Å²) in [5.74, 6) is 0.00442. The highest BCUT2D eigenvalue weighted by atomic mass is 32.1. The van der Waals surface area contributed by atoms with Crippen LogP contribution in [-0.2, 0) is 13.0 Å². The maximum atomic E-state index is 14.4. The molecule has 0 N–H and O–H groups in total. The van der Waals surface area contributed by atoms with E-state index in [-0.39, 0.29) is 5.56 Å². The second-order valence-electron chi connectivity index (χ2n) is 6.14. The standard InChI is InChI=1S/C19H13F2N3S/c20-12-4-5-14(21)13(9-12)18-19(24-7-1-2-17(24)23-18)11-3-6-15-16(8-11)25-10-22-15/h3-6,8-10H,1-2,7H2. The maximum absolute atomic E-state index is 14.4. The van der Waals surface area contributed by atoms with Crippen LogP contribution < -0.4 is 0 Å². The molecule has 0 fully saturated rings. The molecule has 4 aromatic rings. The van der Waals surface area contributed by atoms with Gasteiger partial charge in [-0.05, 0) is 36.8 Å². The van der Waals surface area contributed by atoms with Crippen LogP contribution in [-0.4, -0.2) is 14.5 Å². The number of hydrogen-bond donors (Lipinski definition) is 0. The molecule has 0 radical (unpaired) electrons. The van der Waals surface area contributed by atoms with E-state index in [4.69, 9.17) is 0 Å². The van der Waals surface area contributed by atoms with E-state index in [2.05, 4.69) is 20.6 Å². The molecule has 0 spiro atoms. The van der Waals surface area contributed by atoms with E-state index in [1.165, 1.54) is 6.07 Å². The van der Waals surface area contributed by atoms with Crippen molar-refractivity contribution >= 4 is 21.6 Å². The summed E-state index contributed by atoms with van der Waals surface area (Å²) in [6, 6.07) is 9.50. The zero-order valence-corrected chi connectivity index (χ0v) is 14.0. The van der Waals surface area contributed by atoms with Crippen molar-refractivity contribution in [2.24, 2.45) is 0 Å². The third kappa shape index (κ3) is 2.28. The molecule has 5 rings (SSSR count). The van der Waals surface area contributed by atoms with Crippen LogP contribution in [0.4, 0.5) is 8.78 Å². The molecule has 0 aliphatic carbocycles. The summed E-state index contributed by atoms with van der Waals surface area (Å²) >= 11 is 1.56. The van der Waals surface area contributed by atoms with E-state index in [0.717, 1.165) is 58.8 Å². The van der Waals surface area contributed by atoms with Crippen LogP contribution in [0.15, 0.2) is 41.9 Å². The SMILES string of the molecule is Fc1ccc(F)c(-c2nc3n(c2-c2ccc4ncsc4c2)CCC3)c1. The lowest BCUT2D eigenvalue weighted by molar-refractivity contribution is 0.602. The van der Waals surface area contributed by atoms with Crippen LogP contribution >= 0.6 is 11.3 Å². The van der Waals surface area contributed by atoms with Gasteiger partial charge in [0.1, 0.15) is 17.5 Å². The molecule has 124 valence electrons. The fraction of sp³-hybridized carbons (Fsp3) is 0.158. The van der Waals surface area contributed by atoms with Crippen molar-refractivity contribution in [2.45, 2.75) is 19.4 Å². The van der Waals surface area contributed by atoms with Gasteiger partial charge in [0.25, 0.3) is 0 Å². The Morgan fingerprint density at radius 2 is 2.00 bits per heavy atom. The van der Waals surface area contributed by atoms with Gasteiger partial charge in [-0.25, -0.2) is 18.7 Å². The van der Waals surface area contributed by atoms with E-state index in [1.807, 2.05) is 17.6 Å². The minimum atomic E-state index is -0.464. The molecular formula is C19H13F2N3S. The summed E-state index contributed by atoms with van der Waals surface area (Å²) < 4.78 is 31.3. The lowest BCUT2D eigenvalue weighted by Crippen LogP contribution is -1.97. The lowest BCUT2D eigenvalue weighted by Gasteiger charge is -2.09. The molecule has 0 saturated carbocycles. The molecule has 0 amide bonds. The van der Waals surface area contributed by atoms with Crippen molar-refractivity contribution in [1.29, 1.82) is 0 Å². The Morgan fingerprint density at radius 3 is 2.92 bits per heavy atom. The van der Waals surface area contributed by atoms with Gasteiger partial charge in [-0.2, -0.15) is 0 Å². The van der Waals surface area contributed by atoms with Gasteiger partial charge in [-0.1, -0.05) is 6.07 Å². The lowest BCUT2D eigenvalue weighted by atomic mass is 10.0. The summed E-state index contributed by atoms with van der Waals surface area (Å²) in [7, 11) is 0. The number of fused-ring (bicyclic) bond motifs is 2. The quantitative estimate of drug-likeness (QED) is 0.505. The molecule has 0 bridgehead atoms. The zero-order valence-electron chi connectivity index (χ0n) is 13.2. The van der Waals surface area contributed by atoms with E-state index in [9.17, 15) is 8.78 Å². The minimum absolute atomic E-state index is 0.210. The van der Waals surface area contributed by atoms with Crippen molar-refractivity contribution in [3.05, 3.63) is 59.4 Å². The van der Waals surface area contributed by atoms with Crippen molar-refractivity contribution in [3.63, 3.8) is 0 Å². The smallest absolute Gasteiger partial charge is 0.132 e. The minimum Gasteiger partial charge on any atom is -0.327 e. The Balaban J connectivity index is 1.79. The van der Waals surface area contributed by atoms with Gasteiger partial charge in [0.05, 0.1) is 27.1 Å². The van der Waals surface area contributed by atoms with Crippen LogP contribution in [0.1, 0.15) is 12.2 Å². The van der Waals surface area contributed by atoms with Crippen molar-refractivity contribution in [3.8, 4) is 22.5 Å². The van der Waals surface area contributed by atoms with E-state index < -0.39 is 11.6 Å². The number of halogens is 2. The third-order valence-electron chi connectivity index (χ3n) is 4.62. The number of nitrogens with zero attached hydrogens (tertiary/aromatic N) is 3. The van der Waals surface area contributed by atoms with Crippen LogP contribution in [0.3, 0.4) is 0 Å². The Kier molecular flexibility index (Phi) is 3.21. The van der Waals surface area contributed by atoms with E-state index in [0.29, 0.717) is 5.69 Å². The first-order valence-corrected chi connectivity index (χ1v) is 8.97. The molecule has 25 heavy (non-hydrogen) atoms. The fourth-order valence-corrected chi connectivity index (χ4v) is 4.20. The van der Waals surface area contributed by atoms with Crippen molar-refractivity contribution in [2.75, 3.05) is 0 Å². The Bertz CT molecular complexity index is 1110. The zero-order chi connectivity index (χ0) is 17.0. The second kappa shape index (κ2) is 5.46. The fourth-order valence-electron chi connectivity index (χ4n) is 3.49. The summed E-state index contributed by atoms with van der Waals surface area (Å²) in [6.07, 6.45) is 1.87. The van der Waals surface area contributed by atoms with Crippen LogP contribution in [0.25, 0.3) is 32.7 Å². The first kappa shape index (κ1) is 14.7. The monoisotopic (exact) mass is 353 g/mol. The molecule has 3 heterocycles. The molecular weight excluding hydrogens is 340 g/mol. The molecule has 0 unspecified atom stereocenters. The average molecular weight is 353 g/mol. The highest BCUT2D eigenvalue weighted by Gasteiger charge is 2.25. The van der Waals surface area contributed by atoms with Crippen LogP contribution in [0.5, 0.6) is 0 Å². The van der Waals surface area contributed by atoms with Crippen molar-refractivity contribution < 1.29 is 8.78 Å². The number of rotatable bonds is 2. The predicted molar refractivity (Wildman–Crippen MR) is 94.5 cm³/mol. The van der Waals surface area contributed by atoms with Gasteiger partial charge in [-0.15, -0.1) is 11.3 Å². The molecule has 6 heteroatoms. The van der Waals surface area contributed by atoms with Crippen LogP contribution in [0, 0.1) is 11.6 Å². The maximum Gasteiger partial charge on any atom is 0.132 e. The van der Waals surface area contributed by atoms with Gasteiger partial charge >= 0.3 is 0 Å². The van der Waals surface area contributed by atoms with Gasteiger partial charge in [-0.3, -0.25) is 0 Å². The Morgan fingerprint density at radius 1 is 1.08 bits per heavy atom. The summed E-state index contributed by atoms with van der Waals surface area (Å²) in [6.45, 7) is 0.843. The number of aromatic nitrogens is 3. The van der Waals surface area contributed by atoms with Crippen molar-refractivity contribution in [1.82, 2.24) is 14.5 Å². The topological polar surface area (TPSA) is 30.7 Å². The van der Waals surface area contributed by atoms with E-state index in [1.54, 1.807) is 11.3 Å². The second-order valence-corrected chi connectivity index (χ2v) is 7.03. The number of benzene rings is 2. The van der Waals surface area contributed by atoms with Gasteiger partial charge in [0.15, 0.2) is 0 Å². The highest BCUT2D eigenvalue weighted by Crippen LogP contribution is 2.38. The first-order chi connectivity index (χ1) is 12.2. The largest absolute Gasteiger partial charge is 0.327 e. The van der Waals surface area contributed by atoms with Crippen LogP contribution in [0.2, 0.25) is 0 Å². The van der Waals surface area contributed by atoms with Gasteiger partial charge in [0, 0.05) is 24.1 Å². The molecule has 1 aliphatic rings. The number of hydrogen-bond acceptors (Lipinski definition) is 3. The van der Waals surface area contributed by atoms with Gasteiger partial charge < -0.3 is 4.57 Å². The van der Waals surface area contributed by atoms with E-state index >= 15 is 0 Å². The molecule has 3 nitrogen and oxygen atoms in total. The molecule has 2 aromatic heterocycles. The average Bonchev–Trinajstić information content (AvgIpc) is 3.30. The normalized spacial score (nSPS) is 13.5. The van der Waals surface area contributed by atoms with Gasteiger partial charge in [0.2, 0.25) is 0 Å². The predicted octanol–water partition coefficient (Wildman–Crippen LogP) is 5.05. The first-order valence-electron chi connectivity index (χ1n) is 8.09. The molecule has 0 atom stereocenters. The highest BCUT2D eigenvalue weighted by molar-refractivity contribution is 7.16. The summed E-state index contributed by atoms with van der Waals surface area (Å²) in [5, 5.41) is 0. The number of imidazole rings is 1. The summed E-state index contributed by atoms with van der Waals surface area (Å²) in [4.78, 5) is 8.96. The summed E-state index contributed by atoms with van der Waals surface area (Å²) in [5.41, 5.74) is 5.27.